The van der Waals surface area contributed by atoms with Gasteiger partial charge in [0.1, 0.15) is 0 Å². The van der Waals surface area contributed by atoms with Gasteiger partial charge in [0.2, 0.25) is 0 Å². The van der Waals surface area contributed by atoms with Crippen LogP contribution in [-0.2, 0) is 12.7 Å². The average molecular weight is 286 g/mol. The summed E-state index contributed by atoms with van der Waals surface area (Å²) in [5, 5.41) is 3.37. The van der Waals surface area contributed by atoms with Crippen LogP contribution in [0.3, 0.4) is 0 Å². The summed E-state index contributed by atoms with van der Waals surface area (Å²) in [5.41, 5.74) is 5.84. The van der Waals surface area contributed by atoms with Crippen molar-refractivity contribution < 1.29 is 13.2 Å². The third kappa shape index (κ3) is 3.96. The van der Waals surface area contributed by atoms with Crippen LogP contribution in [0, 0.1) is 5.92 Å². The summed E-state index contributed by atoms with van der Waals surface area (Å²) in [6.45, 7) is 1.10. The first kappa shape index (κ1) is 15.3. The highest BCUT2D eigenvalue weighted by molar-refractivity contribution is 5.25. The smallest absolute Gasteiger partial charge is 0.330 e. The molecule has 112 valence electrons. The molecule has 2 nitrogen and oxygen atoms in total. The van der Waals surface area contributed by atoms with Crippen LogP contribution in [0.2, 0.25) is 0 Å². The lowest BCUT2D eigenvalue weighted by molar-refractivity contribution is -0.137. The monoisotopic (exact) mass is 286 g/mol. The predicted octanol–water partition coefficient (Wildman–Crippen LogP) is 3.31. The second-order valence-electron chi connectivity index (χ2n) is 5.47. The Kier molecular flexibility index (Phi) is 5.05. The van der Waals surface area contributed by atoms with Crippen molar-refractivity contribution in [2.75, 3.05) is 6.54 Å². The van der Waals surface area contributed by atoms with Crippen molar-refractivity contribution in [3.8, 4) is 0 Å². The molecule has 0 saturated heterocycles. The van der Waals surface area contributed by atoms with E-state index in [0.29, 0.717) is 30.6 Å². The maximum atomic E-state index is 12.6. The van der Waals surface area contributed by atoms with Crippen LogP contribution in [-0.4, -0.2) is 12.6 Å². The number of benzene rings is 1. The molecule has 3 N–H and O–H groups in total. The third-order valence-electron chi connectivity index (χ3n) is 4.03. The van der Waals surface area contributed by atoms with Gasteiger partial charge in [-0.25, -0.2) is 0 Å². The molecule has 0 spiro atoms. The van der Waals surface area contributed by atoms with E-state index in [1.165, 1.54) is 18.6 Å². The van der Waals surface area contributed by atoms with Crippen LogP contribution >= 0.6 is 0 Å². The number of halogens is 3. The molecule has 1 aliphatic rings. The SMILES string of the molecule is NCC1CCCCC1NCc1cccc(C(F)(F)F)c1. The Hall–Kier alpha value is -1.07. The number of nitrogens with two attached hydrogens (primary N) is 1. The molecule has 0 bridgehead atoms. The molecule has 1 aromatic rings. The maximum Gasteiger partial charge on any atom is 0.416 e. The van der Waals surface area contributed by atoms with Crippen molar-refractivity contribution in [1.82, 2.24) is 5.32 Å². The van der Waals surface area contributed by atoms with E-state index < -0.39 is 11.7 Å². The zero-order chi connectivity index (χ0) is 14.6. The Bertz CT molecular complexity index is 431. The molecule has 0 aliphatic heterocycles. The maximum absolute atomic E-state index is 12.6. The molecule has 2 unspecified atom stereocenters. The van der Waals surface area contributed by atoms with E-state index >= 15 is 0 Å². The lowest BCUT2D eigenvalue weighted by atomic mass is 9.84. The molecule has 0 amide bonds. The van der Waals surface area contributed by atoms with Gasteiger partial charge in [-0.15, -0.1) is 0 Å². The molecular formula is C15H21F3N2. The molecule has 5 heteroatoms. The summed E-state index contributed by atoms with van der Waals surface area (Å²) >= 11 is 0. The van der Waals surface area contributed by atoms with E-state index in [0.717, 1.165) is 25.3 Å². The quantitative estimate of drug-likeness (QED) is 0.891. The van der Waals surface area contributed by atoms with Gasteiger partial charge < -0.3 is 11.1 Å². The highest BCUT2D eigenvalue weighted by atomic mass is 19.4. The Balaban J connectivity index is 1.96. The summed E-state index contributed by atoms with van der Waals surface area (Å²) in [4.78, 5) is 0. The molecule has 1 aromatic carbocycles. The molecule has 0 aromatic heterocycles. The van der Waals surface area contributed by atoms with Crippen molar-refractivity contribution in [3.63, 3.8) is 0 Å². The van der Waals surface area contributed by atoms with Gasteiger partial charge in [0, 0.05) is 12.6 Å². The fraction of sp³-hybridized carbons (Fsp3) is 0.600. The van der Waals surface area contributed by atoms with Gasteiger partial charge in [-0.3, -0.25) is 0 Å². The normalized spacial score (nSPS) is 23.8. The average Bonchev–Trinajstić information content (AvgIpc) is 2.45. The van der Waals surface area contributed by atoms with Crippen LogP contribution in [0.4, 0.5) is 13.2 Å². The second kappa shape index (κ2) is 6.59. The molecule has 1 aliphatic carbocycles. The highest BCUT2D eigenvalue weighted by Gasteiger charge is 2.30. The van der Waals surface area contributed by atoms with Crippen molar-refractivity contribution >= 4 is 0 Å². The molecular weight excluding hydrogens is 265 g/mol. The van der Waals surface area contributed by atoms with E-state index in [1.807, 2.05) is 0 Å². The largest absolute Gasteiger partial charge is 0.416 e. The molecule has 20 heavy (non-hydrogen) atoms. The second-order valence-corrected chi connectivity index (χ2v) is 5.47. The Morgan fingerprint density at radius 1 is 1.20 bits per heavy atom. The summed E-state index contributed by atoms with van der Waals surface area (Å²) < 4.78 is 37.9. The first-order valence-electron chi connectivity index (χ1n) is 7.10. The van der Waals surface area contributed by atoms with E-state index in [2.05, 4.69) is 5.32 Å². The minimum absolute atomic E-state index is 0.322. The van der Waals surface area contributed by atoms with Gasteiger partial charge in [0.15, 0.2) is 0 Å². The molecule has 0 heterocycles. The topological polar surface area (TPSA) is 38.0 Å². The Labute approximate surface area is 117 Å². The zero-order valence-electron chi connectivity index (χ0n) is 11.4. The fourth-order valence-corrected chi connectivity index (χ4v) is 2.87. The van der Waals surface area contributed by atoms with Crippen LogP contribution in [0.15, 0.2) is 24.3 Å². The van der Waals surface area contributed by atoms with Gasteiger partial charge in [0.05, 0.1) is 5.56 Å². The van der Waals surface area contributed by atoms with Gasteiger partial charge in [-0.2, -0.15) is 13.2 Å². The third-order valence-corrected chi connectivity index (χ3v) is 4.03. The minimum atomic E-state index is -4.28. The summed E-state index contributed by atoms with van der Waals surface area (Å²) in [6, 6.07) is 5.83. The predicted molar refractivity (Wildman–Crippen MR) is 73.1 cm³/mol. The number of alkyl halides is 3. The van der Waals surface area contributed by atoms with E-state index in [9.17, 15) is 13.2 Å². The van der Waals surface area contributed by atoms with Crippen LogP contribution in [0.5, 0.6) is 0 Å². The van der Waals surface area contributed by atoms with Gasteiger partial charge in [0.25, 0.3) is 0 Å². The number of rotatable bonds is 4. The summed E-state index contributed by atoms with van der Waals surface area (Å²) in [5.74, 6) is 0.439. The first-order valence-corrected chi connectivity index (χ1v) is 7.10. The van der Waals surface area contributed by atoms with Crippen molar-refractivity contribution in [1.29, 1.82) is 0 Å². The summed E-state index contributed by atoms with van der Waals surface area (Å²) in [6.07, 6.45) is 0.249. The van der Waals surface area contributed by atoms with E-state index in [1.54, 1.807) is 6.07 Å². The standard InChI is InChI=1S/C15H21F3N2/c16-15(17,18)13-6-3-4-11(8-13)10-20-14-7-2-1-5-12(14)9-19/h3-4,6,8,12,14,20H,1-2,5,7,9-10,19H2. The number of hydrogen-bond acceptors (Lipinski definition) is 2. The van der Waals surface area contributed by atoms with Gasteiger partial charge >= 0.3 is 6.18 Å². The van der Waals surface area contributed by atoms with E-state index in [-0.39, 0.29) is 0 Å². The zero-order valence-corrected chi connectivity index (χ0v) is 11.4. The molecule has 0 radical (unpaired) electrons. The van der Waals surface area contributed by atoms with Gasteiger partial charge in [-0.1, -0.05) is 31.0 Å². The molecule has 2 rings (SSSR count). The first-order chi connectivity index (χ1) is 9.50. The van der Waals surface area contributed by atoms with Crippen molar-refractivity contribution in [3.05, 3.63) is 35.4 Å². The van der Waals surface area contributed by atoms with Crippen molar-refractivity contribution in [2.45, 2.75) is 44.4 Å². The lowest BCUT2D eigenvalue weighted by Gasteiger charge is -2.31. The Morgan fingerprint density at radius 3 is 2.65 bits per heavy atom. The number of nitrogens with one attached hydrogen (secondary N) is 1. The van der Waals surface area contributed by atoms with Gasteiger partial charge in [-0.05, 0) is 36.9 Å². The fourth-order valence-electron chi connectivity index (χ4n) is 2.87. The molecule has 1 saturated carbocycles. The van der Waals surface area contributed by atoms with Crippen LogP contribution in [0.1, 0.15) is 36.8 Å². The minimum Gasteiger partial charge on any atom is -0.330 e. The van der Waals surface area contributed by atoms with Crippen molar-refractivity contribution in [2.24, 2.45) is 11.7 Å². The van der Waals surface area contributed by atoms with Crippen LogP contribution < -0.4 is 11.1 Å². The molecule has 2 atom stereocenters. The van der Waals surface area contributed by atoms with E-state index in [4.69, 9.17) is 5.73 Å². The Morgan fingerprint density at radius 2 is 1.95 bits per heavy atom. The number of hydrogen-bond donors (Lipinski definition) is 2. The molecule has 1 fully saturated rings. The lowest BCUT2D eigenvalue weighted by Crippen LogP contribution is -2.41. The highest BCUT2D eigenvalue weighted by Crippen LogP contribution is 2.29. The van der Waals surface area contributed by atoms with Crippen LogP contribution in [0.25, 0.3) is 0 Å². The summed E-state index contributed by atoms with van der Waals surface area (Å²) in [7, 11) is 0.